The fraction of sp³-hybridized carbons (Fsp3) is 0.600. The minimum Gasteiger partial charge on any atom is -0.467 e. The molecule has 25 heavy (non-hydrogen) atoms. The molecule has 2 rings (SSSR count). The van der Waals surface area contributed by atoms with Gasteiger partial charge >= 0.3 is 5.97 Å². The summed E-state index contributed by atoms with van der Waals surface area (Å²) in [6.07, 6.45) is 4.89. The van der Waals surface area contributed by atoms with Gasteiger partial charge in [0.15, 0.2) is 0 Å². The van der Waals surface area contributed by atoms with Crippen molar-refractivity contribution in [1.29, 1.82) is 0 Å². The quantitative estimate of drug-likeness (QED) is 0.735. The summed E-state index contributed by atoms with van der Waals surface area (Å²) in [5.41, 5.74) is 1.74. The average molecular weight is 347 g/mol. The fourth-order valence-electron chi connectivity index (χ4n) is 3.55. The average Bonchev–Trinajstić information content (AvgIpc) is 3.10. The number of esters is 1. The molecule has 138 valence electrons. The summed E-state index contributed by atoms with van der Waals surface area (Å²) in [7, 11) is 3.00. The zero-order chi connectivity index (χ0) is 18.3. The van der Waals surface area contributed by atoms with E-state index in [4.69, 9.17) is 9.47 Å². The van der Waals surface area contributed by atoms with Crippen molar-refractivity contribution in [2.24, 2.45) is 5.41 Å². The fourth-order valence-corrected chi connectivity index (χ4v) is 3.55. The third-order valence-electron chi connectivity index (χ3n) is 5.18. The molecular formula is C20H29NO4. The molecule has 1 aromatic rings. The summed E-state index contributed by atoms with van der Waals surface area (Å²) in [5, 5.41) is 2.95. The van der Waals surface area contributed by atoms with Crippen LogP contribution in [0.3, 0.4) is 0 Å². The lowest BCUT2D eigenvalue weighted by Crippen LogP contribution is -2.49. The Morgan fingerprint density at radius 1 is 1.16 bits per heavy atom. The Hall–Kier alpha value is -1.88. The van der Waals surface area contributed by atoms with Crippen molar-refractivity contribution >= 4 is 11.9 Å². The van der Waals surface area contributed by atoms with Crippen molar-refractivity contribution in [3.05, 3.63) is 35.4 Å². The highest BCUT2D eigenvalue weighted by Crippen LogP contribution is 2.41. The van der Waals surface area contributed by atoms with Crippen LogP contribution in [0.15, 0.2) is 24.3 Å². The second-order valence-electron chi connectivity index (χ2n) is 6.97. The number of ether oxygens (including phenoxy) is 2. The summed E-state index contributed by atoms with van der Waals surface area (Å²) in [4.78, 5) is 25.2. The Kier molecular flexibility index (Phi) is 7.00. The van der Waals surface area contributed by atoms with Crippen molar-refractivity contribution in [2.75, 3.05) is 20.8 Å². The van der Waals surface area contributed by atoms with E-state index in [2.05, 4.69) is 5.32 Å². The summed E-state index contributed by atoms with van der Waals surface area (Å²) in [5.74, 6) is -0.460. The highest BCUT2D eigenvalue weighted by molar-refractivity contribution is 5.88. The number of carbonyl (C=O) groups is 2. The Morgan fingerprint density at radius 2 is 1.80 bits per heavy atom. The first-order valence-corrected chi connectivity index (χ1v) is 8.94. The monoisotopic (exact) mass is 347 g/mol. The molecule has 1 unspecified atom stereocenters. The zero-order valence-corrected chi connectivity index (χ0v) is 15.5. The number of carbonyl (C=O) groups excluding carboxylic acids is 2. The predicted octanol–water partition coefficient (Wildman–Crippen LogP) is 2.79. The normalized spacial score (nSPS) is 17.1. The highest BCUT2D eigenvalue weighted by atomic mass is 16.5. The Labute approximate surface area is 150 Å². The van der Waals surface area contributed by atoms with E-state index in [-0.39, 0.29) is 5.91 Å². The van der Waals surface area contributed by atoms with Crippen molar-refractivity contribution in [3.8, 4) is 0 Å². The van der Waals surface area contributed by atoms with E-state index in [1.165, 1.54) is 7.11 Å². The molecule has 1 saturated carbocycles. The van der Waals surface area contributed by atoms with Crippen LogP contribution in [0.1, 0.15) is 43.2 Å². The maximum atomic E-state index is 13.0. The molecule has 1 aliphatic rings. The smallest absolute Gasteiger partial charge is 0.328 e. The van der Waals surface area contributed by atoms with Gasteiger partial charge in [-0.15, -0.1) is 0 Å². The maximum absolute atomic E-state index is 13.0. The third kappa shape index (κ3) is 5.05. The van der Waals surface area contributed by atoms with Crippen molar-refractivity contribution in [1.82, 2.24) is 5.32 Å². The molecule has 5 heteroatoms. The number of hydrogen-bond donors (Lipinski definition) is 1. The molecule has 0 aromatic heterocycles. The molecule has 0 bridgehead atoms. The molecule has 0 heterocycles. The molecular weight excluding hydrogens is 318 g/mol. The van der Waals surface area contributed by atoms with Gasteiger partial charge < -0.3 is 14.8 Å². The second-order valence-corrected chi connectivity index (χ2v) is 6.97. The van der Waals surface area contributed by atoms with E-state index in [1.54, 1.807) is 7.11 Å². The first-order chi connectivity index (χ1) is 12.0. The van der Waals surface area contributed by atoms with E-state index in [0.29, 0.717) is 19.4 Å². The number of amides is 1. The summed E-state index contributed by atoms with van der Waals surface area (Å²) in [6, 6.07) is 7.30. The van der Waals surface area contributed by atoms with Crippen molar-refractivity contribution in [3.63, 3.8) is 0 Å². The summed E-state index contributed by atoms with van der Waals surface area (Å²) < 4.78 is 10.1. The molecule has 0 saturated heterocycles. The van der Waals surface area contributed by atoms with Crippen molar-refractivity contribution < 1.29 is 19.1 Å². The van der Waals surface area contributed by atoms with E-state index < -0.39 is 17.4 Å². The third-order valence-corrected chi connectivity index (χ3v) is 5.18. The lowest BCUT2D eigenvalue weighted by molar-refractivity contribution is -0.146. The molecule has 1 amide bonds. The standard InChI is InChI=1S/C20H29NO4/c1-15-6-8-16(9-7-15)14-17(18(22)25-3)21-19(23)20(12-13-24-2)10-4-5-11-20/h6-9,17H,4-5,10-14H2,1-3H3,(H,21,23). The molecule has 0 aliphatic heterocycles. The largest absolute Gasteiger partial charge is 0.467 e. The maximum Gasteiger partial charge on any atom is 0.328 e. The first kappa shape index (κ1) is 19.4. The zero-order valence-electron chi connectivity index (χ0n) is 15.5. The molecule has 1 atom stereocenters. The van der Waals surface area contributed by atoms with Gasteiger partial charge in [-0.1, -0.05) is 42.7 Å². The molecule has 1 aliphatic carbocycles. The van der Waals surface area contributed by atoms with E-state index in [1.807, 2.05) is 31.2 Å². The number of benzene rings is 1. The van der Waals surface area contributed by atoms with Gasteiger partial charge in [0, 0.05) is 20.1 Å². The summed E-state index contributed by atoms with van der Waals surface area (Å²) >= 11 is 0. The van der Waals surface area contributed by atoms with E-state index >= 15 is 0 Å². The first-order valence-electron chi connectivity index (χ1n) is 8.94. The van der Waals surface area contributed by atoms with Gasteiger partial charge in [-0.3, -0.25) is 4.79 Å². The molecule has 0 spiro atoms. The minimum absolute atomic E-state index is 0.0513. The predicted molar refractivity (Wildman–Crippen MR) is 96.2 cm³/mol. The SMILES string of the molecule is COCCC1(C(=O)NC(Cc2ccc(C)cc2)C(=O)OC)CCCC1. The Balaban J connectivity index is 2.10. The molecule has 1 N–H and O–H groups in total. The number of rotatable bonds is 8. The number of hydrogen-bond acceptors (Lipinski definition) is 4. The van der Waals surface area contributed by atoms with Crippen LogP contribution < -0.4 is 5.32 Å². The molecule has 1 aromatic carbocycles. The highest BCUT2D eigenvalue weighted by Gasteiger charge is 2.42. The Morgan fingerprint density at radius 3 is 2.36 bits per heavy atom. The number of methoxy groups -OCH3 is 2. The van der Waals surface area contributed by atoms with Crippen LogP contribution in [0.5, 0.6) is 0 Å². The van der Waals surface area contributed by atoms with Gasteiger partial charge in [0.05, 0.1) is 12.5 Å². The van der Waals surface area contributed by atoms with Gasteiger partial charge in [0.2, 0.25) is 5.91 Å². The molecule has 0 radical (unpaired) electrons. The van der Waals surface area contributed by atoms with Crippen LogP contribution in [0.4, 0.5) is 0 Å². The van der Waals surface area contributed by atoms with Crippen LogP contribution in [-0.2, 0) is 25.5 Å². The van der Waals surface area contributed by atoms with Crippen LogP contribution in [0.25, 0.3) is 0 Å². The van der Waals surface area contributed by atoms with Crippen LogP contribution in [-0.4, -0.2) is 38.7 Å². The van der Waals surface area contributed by atoms with Crippen LogP contribution in [0.2, 0.25) is 0 Å². The molecule has 1 fully saturated rings. The number of aryl methyl sites for hydroxylation is 1. The van der Waals surface area contributed by atoms with E-state index in [9.17, 15) is 9.59 Å². The Bertz CT molecular complexity index is 576. The topological polar surface area (TPSA) is 64.6 Å². The number of nitrogens with one attached hydrogen (secondary N) is 1. The lowest BCUT2D eigenvalue weighted by Gasteiger charge is -2.29. The molecule has 5 nitrogen and oxygen atoms in total. The van der Waals surface area contributed by atoms with E-state index in [0.717, 1.165) is 36.8 Å². The van der Waals surface area contributed by atoms with Gasteiger partial charge in [-0.2, -0.15) is 0 Å². The van der Waals surface area contributed by atoms with Crippen molar-refractivity contribution in [2.45, 2.75) is 51.5 Å². The van der Waals surface area contributed by atoms with Gasteiger partial charge in [-0.25, -0.2) is 4.79 Å². The minimum atomic E-state index is -0.666. The lowest BCUT2D eigenvalue weighted by atomic mass is 9.81. The van der Waals surface area contributed by atoms with Gasteiger partial charge in [0.25, 0.3) is 0 Å². The van der Waals surface area contributed by atoms with Gasteiger partial charge in [-0.05, 0) is 31.7 Å². The summed E-state index contributed by atoms with van der Waals surface area (Å²) in [6.45, 7) is 2.57. The van der Waals surface area contributed by atoms with Gasteiger partial charge in [0.1, 0.15) is 6.04 Å². The second kappa shape index (κ2) is 8.99. The van der Waals surface area contributed by atoms with Crippen LogP contribution in [0, 0.1) is 12.3 Å². The van der Waals surface area contributed by atoms with Crippen LogP contribution >= 0.6 is 0 Å².